The van der Waals surface area contributed by atoms with E-state index in [9.17, 15) is 4.79 Å². The number of H-pyrrole nitrogens is 1. The van der Waals surface area contributed by atoms with E-state index in [0.29, 0.717) is 25.1 Å². The molecule has 2 atom stereocenters. The summed E-state index contributed by atoms with van der Waals surface area (Å²) >= 11 is 1.61. The molecule has 0 saturated heterocycles. The second-order valence-corrected chi connectivity index (χ2v) is 6.43. The Hall–Kier alpha value is -1.67. The van der Waals surface area contributed by atoms with Gasteiger partial charge in [-0.3, -0.25) is 4.79 Å². The maximum atomic E-state index is 11.9. The number of hydrogen-bond donors (Lipinski definition) is 2. The normalized spacial score (nSPS) is 25.3. The average molecular weight is 307 g/mol. The number of ether oxygens (including phenoxy) is 1. The van der Waals surface area contributed by atoms with Crippen molar-refractivity contribution in [2.75, 3.05) is 6.61 Å². The zero-order valence-corrected chi connectivity index (χ0v) is 12.5. The summed E-state index contributed by atoms with van der Waals surface area (Å²) in [7, 11) is 0. The first-order chi connectivity index (χ1) is 10.1. The topological polar surface area (TPSA) is 107 Å². The molecule has 2 aromatic rings. The van der Waals surface area contributed by atoms with E-state index < -0.39 is 5.54 Å². The maximum absolute atomic E-state index is 11.9. The van der Waals surface area contributed by atoms with Crippen molar-refractivity contribution < 1.29 is 9.53 Å². The molecule has 0 bridgehead atoms. The summed E-state index contributed by atoms with van der Waals surface area (Å²) in [4.78, 5) is 27.5. The van der Waals surface area contributed by atoms with E-state index in [-0.39, 0.29) is 11.2 Å². The highest BCUT2D eigenvalue weighted by molar-refractivity contribution is 8.00. The van der Waals surface area contributed by atoms with Crippen LogP contribution < -0.4 is 5.73 Å². The van der Waals surface area contributed by atoms with Crippen LogP contribution in [0, 0.1) is 0 Å². The van der Waals surface area contributed by atoms with Gasteiger partial charge in [-0.15, -0.1) is 11.8 Å². The van der Waals surface area contributed by atoms with Gasteiger partial charge >= 0.3 is 5.97 Å². The third-order valence-electron chi connectivity index (χ3n) is 3.65. The Morgan fingerprint density at radius 3 is 3.24 bits per heavy atom. The minimum absolute atomic E-state index is 0.237. The Balaban J connectivity index is 1.73. The van der Waals surface area contributed by atoms with Crippen LogP contribution in [0.25, 0.3) is 11.2 Å². The van der Waals surface area contributed by atoms with Crippen molar-refractivity contribution in [3.05, 3.63) is 12.7 Å². The smallest absolute Gasteiger partial charge is 0.326 e. The van der Waals surface area contributed by atoms with Crippen LogP contribution in [0.15, 0.2) is 17.7 Å². The number of hydrogen-bond acceptors (Lipinski definition) is 7. The number of carbonyl (C=O) groups is 1. The first kappa shape index (κ1) is 14.3. The summed E-state index contributed by atoms with van der Waals surface area (Å²) in [5.74, 6) is -0.303. The van der Waals surface area contributed by atoms with Crippen molar-refractivity contribution in [1.29, 1.82) is 0 Å². The zero-order chi connectivity index (χ0) is 14.9. The highest BCUT2D eigenvalue weighted by Gasteiger charge is 2.43. The number of thioether (sulfide) groups is 1. The van der Waals surface area contributed by atoms with E-state index in [2.05, 4.69) is 19.9 Å². The van der Waals surface area contributed by atoms with Gasteiger partial charge in [-0.2, -0.15) is 0 Å². The molecule has 0 radical (unpaired) electrons. The second-order valence-electron chi connectivity index (χ2n) is 5.14. The quantitative estimate of drug-likeness (QED) is 0.646. The number of fused-ring (bicyclic) bond motifs is 1. The van der Waals surface area contributed by atoms with E-state index in [1.807, 2.05) is 0 Å². The molecular formula is C13H17N5O2S. The van der Waals surface area contributed by atoms with Gasteiger partial charge in [-0.1, -0.05) is 0 Å². The molecule has 1 fully saturated rings. The van der Waals surface area contributed by atoms with E-state index in [1.165, 1.54) is 6.33 Å². The molecule has 7 nitrogen and oxygen atoms in total. The van der Waals surface area contributed by atoms with Crippen LogP contribution in [-0.2, 0) is 9.53 Å². The zero-order valence-electron chi connectivity index (χ0n) is 11.7. The van der Waals surface area contributed by atoms with Gasteiger partial charge in [0.1, 0.15) is 22.4 Å². The first-order valence-electron chi connectivity index (χ1n) is 6.89. The molecule has 3 N–H and O–H groups in total. The Labute approximate surface area is 126 Å². The summed E-state index contributed by atoms with van der Waals surface area (Å²) < 4.78 is 5.07. The Morgan fingerprint density at radius 2 is 2.43 bits per heavy atom. The fourth-order valence-corrected chi connectivity index (χ4v) is 3.89. The molecule has 0 spiro atoms. The lowest BCUT2D eigenvalue weighted by molar-refractivity contribution is -0.149. The Morgan fingerprint density at radius 1 is 1.57 bits per heavy atom. The highest BCUT2D eigenvalue weighted by Crippen LogP contribution is 2.40. The van der Waals surface area contributed by atoms with Gasteiger partial charge in [-0.25, -0.2) is 15.0 Å². The van der Waals surface area contributed by atoms with Crippen LogP contribution in [0.1, 0.15) is 26.2 Å². The van der Waals surface area contributed by atoms with Crippen molar-refractivity contribution in [3.63, 3.8) is 0 Å². The van der Waals surface area contributed by atoms with Crippen molar-refractivity contribution in [2.24, 2.45) is 5.73 Å². The Kier molecular flexibility index (Phi) is 3.81. The molecular weight excluding hydrogens is 290 g/mol. The van der Waals surface area contributed by atoms with Gasteiger partial charge in [0.05, 0.1) is 12.9 Å². The number of aromatic amines is 1. The van der Waals surface area contributed by atoms with Crippen LogP contribution in [0.5, 0.6) is 0 Å². The monoisotopic (exact) mass is 307 g/mol. The largest absolute Gasteiger partial charge is 0.465 e. The van der Waals surface area contributed by atoms with E-state index in [4.69, 9.17) is 10.5 Å². The van der Waals surface area contributed by atoms with Gasteiger partial charge in [0, 0.05) is 5.25 Å². The van der Waals surface area contributed by atoms with E-state index in [1.54, 1.807) is 25.0 Å². The summed E-state index contributed by atoms with van der Waals surface area (Å²) in [6.45, 7) is 2.15. The standard InChI is InChI=1S/C13H17N5O2S/c1-2-20-12(19)13(14)4-3-8(5-13)21-11-9-10(16-6-15-9)17-7-18-11/h6-8H,2-5,14H2,1H3,(H,15,16,17,18). The lowest BCUT2D eigenvalue weighted by Crippen LogP contribution is -2.47. The third kappa shape index (κ3) is 2.73. The number of nitrogens with zero attached hydrogens (tertiary/aromatic N) is 3. The molecule has 0 amide bonds. The summed E-state index contributed by atoms with van der Waals surface area (Å²) in [6, 6.07) is 0. The lowest BCUT2D eigenvalue weighted by Gasteiger charge is -2.21. The first-order valence-corrected chi connectivity index (χ1v) is 7.77. The van der Waals surface area contributed by atoms with Crippen LogP contribution in [0.2, 0.25) is 0 Å². The van der Waals surface area contributed by atoms with E-state index >= 15 is 0 Å². The van der Waals surface area contributed by atoms with Crippen molar-refractivity contribution >= 4 is 28.9 Å². The molecule has 2 unspecified atom stereocenters. The summed E-state index contributed by atoms with van der Waals surface area (Å²) in [5.41, 5.74) is 6.79. The predicted octanol–water partition coefficient (Wildman–Crippen LogP) is 1.26. The number of nitrogens with two attached hydrogens (primary N) is 1. The SMILES string of the molecule is CCOC(=O)C1(N)CCC(Sc2ncnc3nc[nH]c23)C1. The fraction of sp³-hybridized carbons (Fsp3) is 0.538. The van der Waals surface area contributed by atoms with Crippen molar-refractivity contribution in [1.82, 2.24) is 19.9 Å². The maximum Gasteiger partial charge on any atom is 0.326 e. The molecule has 1 saturated carbocycles. The molecule has 2 heterocycles. The minimum atomic E-state index is -0.867. The molecule has 0 aromatic carbocycles. The predicted molar refractivity (Wildman–Crippen MR) is 78.7 cm³/mol. The number of carbonyl (C=O) groups excluding carboxylic acids is 1. The van der Waals surface area contributed by atoms with Gasteiger partial charge in [0.15, 0.2) is 5.65 Å². The number of rotatable bonds is 4. The van der Waals surface area contributed by atoms with Crippen molar-refractivity contribution in [2.45, 2.75) is 42.0 Å². The second kappa shape index (κ2) is 5.61. The number of nitrogens with one attached hydrogen (secondary N) is 1. The summed E-state index contributed by atoms with van der Waals surface area (Å²) in [6.07, 6.45) is 5.20. The van der Waals surface area contributed by atoms with Crippen LogP contribution in [0.4, 0.5) is 0 Å². The van der Waals surface area contributed by atoms with Crippen LogP contribution >= 0.6 is 11.8 Å². The Bertz CT molecular complexity index is 661. The van der Waals surface area contributed by atoms with Crippen LogP contribution in [-0.4, -0.2) is 43.3 Å². The molecule has 1 aliphatic rings. The lowest BCUT2D eigenvalue weighted by atomic mass is 10.00. The molecule has 0 aliphatic heterocycles. The van der Waals surface area contributed by atoms with Crippen LogP contribution in [0.3, 0.4) is 0 Å². The average Bonchev–Trinajstić information content (AvgIpc) is 3.07. The van der Waals surface area contributed by atoms with E-state index in [0.717, 1.165) is 17.0 Å². The van der Waals surface area contributed by atoms with Crippen molar-refractivity contribution in [3.8, 4) is 0 Å². The number of imidazole rings is 1. The molecule has 1 aliphatic carbocycles. The third-order valence-corrected chi connectivity index (χ3v) is 4.92. The molecule has 21 heavy (non-hydrogen) atoms. The molecule has 8 heteroatoms. The van der Waals surface area contributed by atoms with Gasteiger partial charge in [0.2, 0.25) is 0 Å². The van der Waals surface area contributed by atoms with Gasteiger partial charge in [-0.05, 0) is 26.2 Å². The molecule has 3 rings (SSSR count). The van der Waals surface area contributed by atoms with Gasteiger partial charge < -0.3 is 15.5 Å². The number of esters is 1. The molecule has 2 aromatic heterocycles. The highest BCUT2D eigenvalue weighted by atomic mass is 32.2. The minimum Gasteiger partial charge on any atom is -0.465 e. The molecule has 112 valence electrons. The summed E-state index contributed by atoms with van der Waals surface area (Å²) in [5, 5.41) is 1.08. The van der Waals surface area contributed by atoms with Gasteiger partial charge in [0.25, 0.3) is 0 Å². The number of aromatic nitrogens is 4. The fourth-order valence-electron chi connectivity index (χ4n) is 2.58.